The van der Waals surface area contributed by atoms with Crippen LogP contribution in [-0.2, 0) is 30.8 Å². The molecule has 1 aromatic rings. The summed E-state index contributed by atoms with van der Waals surface area (Å²) in [5.74, 6) is -0.652. The third-order valence-corrected chi connectivity index (χ3v) is 8.01. The van der Waals surface area contributed by atoms with Gasteiger partial charge in [0.05, 0.1) is 24.5 Å². The first-order valence-electron chi connectivity index (χ1n) is 11.0. The van der Waals surface area contributed by atoms with E-state index in [0.29, 0.717) is 37.6 Å². The highest BCUT2D eigenvalue weighted by molar-refractivity contribution is 7.89. The van der Waals surface area contributed by atoms with Gasteiger partial charge in [0.15, 0.2) is 0 Å². The fourth-order valence-electron chi connectivity index (χ4n) is 4.32. The van der Waals surface area contributed by atoms with Crippen LogP contribution < -0.4 is 4.90 Å². The number of methoxy groups -OCH3 is 1. The molecule has 0 radical (unpaired) electrons. The van der Waals surface area contributed by atoms with Gasteiger partial charge in [-0.05, 0) is 56.0 Å². The lowest BCUT2D eigenvalue weighted by Crippen LogP contribution is -2.44. The minimum absolute atomic E-state index is 0.0463. The molecule has 8 nitrogen and oxygen atoms in total. The summed E-state index contributed by atoms with van der Waals surface area (Å²) in [5, 5.41) is 0. The minimum Gasteiger partial charge on any atom is -0.469 e. The zero-order chi connectivity index (χ0) is 22.6. The molecule has 2 aliphatic heterocycles. The Morgan fingerprint density at radius 2 is 1.87 bits per heavy atom. The van der Waals surface area contributed by atoms with E-state index in [1.807, 2.05) is 11.8 Å². The lowest BCUT2D eigenvalue weighted by atomic mass is 10.0. The first-order valence-corrected chi connectivity index (χ1v) is 12.5. The Kier molecular flexibility index (Phi) is 7.72. The zero-order valence-electron chi connectivity index (χ0n) is 18.7. The molecule has 3 rings (SSSR count). The van der Waals surface area contributed by atoms with Crippen molar-refractivity contribution in [3.63, 3.8) is 0 Å². The standard InChI is InChI=1S/C22H33N3O5S/c1-4-23(15-17(2)22(27)30-3)16-21(26)25-13-7-8-18-14-19(9-10-20(18)25)31(28,29)24-11-5-6-12-24/h9-10,14,17H,4-8,11-13,15-16H2,1-3H3. The summed E-state index contributed by atoms with van der Waals surface area (Å²) < 4.78 is 32.1. The number of anilines is 1. The summed E-state index contributed by atoms with van der Waals surface area (Å²) in [5.41, 5.74) is 1.68. The van der Waals surface area contributed by atoms with Crippen LogP contribution in [0, 0.1) is 5.92 Å². The van der Waals surface area contributed by atoms with Crippen LogP contribution in [0.3, 0.4) is 0 Å². The highest BCUT2D eigenvalue weighted by Crippen LogP contribution is 2.31. The number of ether oxygens (including phenoxy) is 1. The van der Waals surface area contributed by atoms with E-state index in [2.05, 4.69) is 0 Å². The maximum Gasteiger partial charge on any atom is 0.309 e. The molecule has 2 aliphatic rings. The number of carbonyl (C=O) groups excluding carboxylic acids is 2. The van der Waals surface area contributed by atoms with Crippen molar-refractivity contribution in [3.8, 4) is 0 Å². The second kappa shape index (κ2) is 10.1. The third kappa shape index (κ3) is 5.27. The van der Waals surface area contributed by atoms with Gasteiger partial charge < -0.3 is 9.64 Å². The van der Waals surface area contributed by atoms with Crippen LogP contribution >= 0.6 is 0 Å². The van der Waals surface area contributed by atoms with E-state index in [0.717, 1.165) is 36.9 Å². The normalized spacial score (nSPS) is 18.1. The van der Waals surface area contributed by atoms with Gasteiger partial charge in [0.1, 0.15) is 0 Å². The van der Waals surface area contributed by atoms with E-state index in [1.54, 1.807) is 34.3 Å². The molecule has 0 spiro atoms. The van der Waals surface area contributed by atoms with Crippen LogP contribution in [0.25, 0.3) is 0 Å². The van der Waals surface area contributed by atoms with Gasteiger partial charge in [-0.1, -0.05) is 13.8 Å². The van der Waals surface area contributed by atoms with Gasteiger partial charge in [0.2, 0.25) is 15.9 Å². The molecular formula is C22H33N3O5S. The fourth-order valence-corrected chi connectivity index (χ4v) is 5.88. The van der Waals surface area contributed by atoms with Crippen molar-refractivity contribution < 1.29 is 22.7 Å². The Morgan fingerprint density at radius 1 is 1.16 bits per heavy atom. The van der Waals surface area contributed by atoms with Gasteiger partial charge in [-0.2, -0.15) is 4.31 Å². The van der Waals surface area contributed by atoms with Gasteiger partial charge in [-0.3, -0.25) is 14.5 Å². The number of amides is 1. The van der Waals surface area contributed by atoms with E-state index in [9.17, 15) is 18.0 Å². The lowest BCUT2D eigenvalue weighted by molar-refractivity contribution is -0.145. The van der Waals surface area contributed by atoms with E-state index in [4.69, 9.17) is 4.74 Å². The predicted molar refractivity (Wildman–Crippen MR) is 118 cm³/mol. The second-order valence-corrected chi connectivity index (χ2v) is 10.2. The smallest absolute Gasteiger partial charge is 0.309 e. The molecule has 0 N–H and O–H groups in total. The predicted octanol–water partition coefficient (Wildman–Crippen LogP) is 1.88. The average Bonchev–Trinajstić information content (AvgIpc) is 3.32. The summed E-state index contributed by atoms with van der Waals surface area (Å²) in [7, 11) is -2.11. The number of likely N-dealkylation sites (N-methyl/N-ethyl adjacent to an activating group) is 1. The molecular weight excluding hydrogens is 418 g/mol. The molecule has 1 amide bonds. The minimum atomic E-state index is -3.48. The zero-order valence-corrected chi connectivity index (χ0v) is 19.5. The molecule has 1 saturated heterocycles. The van der Waals surface area contributed by atoms with Crippen molar-refractivity contribution in [3.05, 3.63) is 23.8 Å². The van der Waals surface area contributed by atoms with E-state index < -0.39 is 10.0 Å². The maximum absolute atomic E-state index is 13.1. The second-order valence-electron chi connectivity index (χ2n) is 8.30. The third-order valence-electron chi connectivity index (χ3n) is 6.12. The van der Waals surface area contributed by atoms with Gasteiger partial charge in [-0.25, -0.2) is 8.42 Å². The molecule has 31 heavy (non-hydrogen) atoms. The number of sulfonamides is 1. The number of aryl methyl sites for hydroxylation is 1. The number of rotatable bonds is 8. The van der Waals surface area contributed by atoms with Crippen molar-refractivity contribution in [1.29, 1.82) is 0 Å². The highest BCUT2D eigenvalue weighted by atomic mass is 32.2. The van der Waals surface area contributed by atoms with Crippen molar-refractivity contribution >= 4 is 27.6 Å². The van der Waals surface area contributed by atoms with Crippen LogP contribution in [-0.4, -0.2) is 75.9 Å². The molecule has 0 aliphatic carbocycles. The largest absolute Gasteiger partial charge is 0.469 e. The number of hydrogen-bond acceptors (Lipinski definition) is 6. The SMILES string of the molecule is CCN(CC(=O)N1CCCc2cc(S(=O)(=O)N3CCCC3)ccc21)CC(C)C(=O)OC. The van der Waals surface area contributed by atoms with Crippen LogP contribution in [0.2, 0.25) is 0 Å². The van der Waals surface area contributed by atoms with Gasteiger partial charge >= 0.3 is 5.97 Å². The Labute approximate surface area is 185 Å². The molecule has 0 saturated carbocycles. The lowest BCUT2D eigenvalue weighted by Gasteiger charge is -2.32. The number of esters is 1. The van der Waals surface area contributed by atoms with Gasteiger partial charge in [0, 0.05) is 31.9 Å². The van der Waals surface area contributed by atoms with Crippen LogP contribution in [0.15, 0.2) is 23.1 Å². The summed E-state index contributed by atoms with van der Waals surface area (Å²) in [6.45, 7) is 6.78. The average molecular weight is 452 g/mol. The highest BCUT2D eigenvalue weighted by Gasteiger charge is 2.30. The summed E-state index contributed by atoms with van der Waals surface area (Å²) in [6.07, 6.45) is 3.33. The first kappa shape index (κ1) is 23.7. The molecule has 1 aromatic carbocycles. The summed E-state index contributed by atoms with van der Waals surface area (Å²) in [4.78, 5) is 28.8. The topological polar surface area (TPSA) is 87.2 Å². The molecule has 9 heteroatoms. The number of fused-ring (bicyclic) bond motifs is 1. The number of benzene rings is 1. The fraction of sp³-hybridized carbons (Fsp3) is 0.636. The van der Waals surface area contributed by atoms with Gasteiger partial charge in [0.25, 0.3) is 0 Å². The van der Waals surface area contributed by atoms with E-state index in [-0.39, 0.29) is 24.3 Å². The molecule has 1 unspecified atom stereocenters. The molecule has 1 fully saturated rings. The number of carbonyl (C=O) groups is 2. The van der Waals surface area contributed by atoms with Crippen LogP contribution in [0.4, 0.5) is 5.69 Å². The van der Waals surface area contributed by atoms with E-state index >= 15 is 0 Å². The van der Waals surface area contributed by atoms with Crippen molar-refractivity contribution in [2.75, 3.05) is 51.3 Å². The molecule has 0 aromatic heterocycles. The van der Waals surface area contributed by atoms with Crippen molar-refractivity contribution in [2.45, 2.75) is 44.4 Å². The van der Waals surface area contributed by atoms with Crippen LogP contribution in [0.1, 0.15) is 38.7 Å². The monoisotopic (exact) mass is 451 g/mol. The van der Waals surface area contributed by atoms with Crippen LogP contribution in [0.5, 0.6) is 0 Å². The van der Waals surface area contributed by atoms with Crippen molar-refractivity contribution in [1.82, 2.24) is 9.21 Å². The summed E-state index contributed by atoms with van der Waals surface area (Å²) >= 11 is 0. The quantitative estimate of drug-likeness (QED) is 0.561. The molecule has 2 heterocycles. The molecule has 172 valence electrons. The van der Waals surface area contributed by atoms with Crippen molar-refractivity contribution in [2.24, 2.45) is 5.92 Å². The Hall–Kier alpha value is -1.97. The summed E-state index contributed by atoms with van der Waals surface area (Å²) in [6, 6.07) is 5.12. The Bertz CT molecular complexity index is 912. The molecule has 1 atom stereocenters. The maximum atomic E-state index is 13.1. The Balaban J connectivity index is 1.75. The van der Waals surface area contributed by atoms with Gasteiger partial charge in [-0.15, -0.1) is 0 Å². The number of nitrogens with zero attached hydrogens (tertiary/aromatic N) is 3. The Morgan fingerprint density at radius 3 is 2.52 bits per heavy atom. The number of hydrogen-bond donors (Lipinski definition) is 0. The molecule has 0 bridgehead atoms. The van der Waals surface area contributed by atoms with E-state index in [1.165, 1.54) is 7.11 Å². The first-order chi connectivity index (χ1) is 14.8.